The molecule has 0 atom stereocenters. The molecule has 0 radical (unpaired) electrons. The molecule has 1 fully saturated rings. The lowest BCUT2D eigenvalue weighted by atomic mass is 10.0. The Labute approximate surface area is 77.9 Å². The first-order valence-electron chi connectivity index (χ1n) is 4.77. The van der Waals surface area contributed by atoms with Crippen LogP contribution in [0, 0.1) is 0 Å². The van der Waals surface area contributed by atoms with E-state index in [2.05, 4.69) is 22.4 Å². The number of nitrogens with zero attached hydrogens (tertiary/aromatic N) is 1. The van der Waals surface area contributed by atoms with E-state index in [0.717, 1.165) is 5.69 Å². The summed E-state index contributed by atoms with van der Waals surface area (Å²) in [4.78, 5) is 0. The third-order valence-corrected chi connectivity index (χ3v) is 2.81. The summed E-state index contributed by atoms with van der Waals surface area (Å²) in [5.41, 5.74) is 6.85. The lowest BCUT2D eigenvalue weighted by Gasteiger charge is -2.25. The zero-order chi connectivity index (χ0) is 9.31. The maximum atomic E-state index is 5.70. The van der Waals surface area contributed by atoms with Gasteiger partial charge in [-0.2, -0.15) is 5.10 Å². The maximum Gasteiger partial charge on any atom is 0.142 e. The lowest BCUT2D eigenvalue weighted by molar-refractivity contribution is 0.534. The molecule has 0 unspecified atom stereocenters. The van der Waals surface area contributed by atoms with Crippen LogP contribution >= 0.6 is 0 Å². The van der Waals surface area contributed by atoms with Gasteiger partial charge in [0.2, 0.25) is 0 Å². The van der Waals surface area contributed by atoms with Gasteiger partial charge >= 0.3 is 0 Å². The molecule has 0 saturated heterocycles. The van der Waals surface area contributed by atoms with Crippen molar-refractivity contribution in [3.05, 3.63) is 6.20 Å². The van der Waals surface area contributed by atoms with E-state index in [-0.39, 0.29) is 5.54 Å². The molecule has 0 amide bonds. The molecule has 4 nitrogen and oxygen atoms in total. The Morgan fingerprint density at radius 1 is 1.54 bits per heavy atom. The standard InChI is InChI=1S/C9H16N4/c1-9(4-2-3-5-9)12-7-6-11-13-8(7)10/h6,12H,2-5H2,1H3,(H3,10,11,13). The zero-order valence-corrected chi connectivity index (χ0v) is 7.93. The third-order valence-electron chi connectivity index (χ3n) is 2.81. The summed E-state index contributed by atoms with van der Waals surface area (Å²) in [5, 5.41) is 10.1. The average molecular weight is 180 g/mol. The Bertz CT molecular complexity index is 286. The van der Waals surface area contributed by atoms with Crippen molar-refractivity contribution in [3.8, 4) is 0 Å². The molecule has 4 heteroatoms. The van der Waals surface area contributed by atoms with Gasteiger partial charge in [0, 0.05) is 5.54 Å². The number of hydrogen-bond acceptors (Lipinski definition) is 3. The van der Waals surface area contributed by atoms with Crippen molar-refractivity contribution >= 4 is 11.5 Å². The van der Waals surface area contributed by atoms with Gasteiger partial charge in [0.1, 0.15) is 5.82 Å². The second-order valence-electron chi connectivity index (χ2n) is 4.09. The molecule has 2 rings (SSSR count). The predicted octanol–water partition coefficient (Wildman–Crippen LogP) is 1.74. The van der Waals surface area contributed by atoms with Gasteiger partial charge in [-0.1, -0.05) is 12.8 Å². The van der Waals surface area contributed by atoms with E-state index < -0.39 is 0 Å². The van der Waals surface area contributed by atoms with Crippen LogP contribution in [0.4, 0.5) is 11.5 Å². The van der Waals surface area contributed by atoms with E-state index in [0.29, 0.717) is 5.82 Å². The summed E-state index contributed by atoms with van der Waals surface area (Å²) >= 11 is 0. The van der Waals surface area contributed by atoms with E-state index in [1.54, 1.807) is 6.20 Å². The number of aromatic amines is 1. The molecule has 1 saturated carbocycles. The Balaban J connectivity index is 2.09. The Kier molecular flexibility index (Phi) is 1.90. The largest absolute Gasteiger partial charge is 0.382 e. The summed E-state index contributed by atoms with van der Waals surface area (Å²) in [6, 6.07) is 0. The molecule has 0 aromatic carbocycles. The van der Waals surface area contributed by atoms with Crippen LogP contribution in [0.1, 0.15) is 32.6 Å². The van der Waals surface area contributed by atoms with Crippen LogP contribution in [0.25, 0.3) is 0 Å². The number of aromatic nitrogens is 2. The quantitative estimate of drug-likeness (QED) is 0.649. The number of rotatable bonds is 2. The van der Waals surface area contributed by atoms with Crippen LogP contribution in [0.3, 0.4) is 0 Å². The number of nitrogens with two attached hydrogens (primary N) is 1. The molecule has 4 N–H and O–H groups in total. The van der Waals surface area contributed by atoms with Crippen LogP contribution in [-0.4, -0.2) is 15.7 Å². The SMILES string of the molecule is CC1(Nc2cn[nH]c2N)CCCC1. The van der Waals surface area contributed by atoms with Gasteiger partial charge in [-0.3, -0.25) is 5.10 Å². The van der Waals surface area contributed by atoms with Crippen LogP contribution < -0.4 is 11.1 Å². The second-order valence-corrected chi connectivity index (χ2v) is 4.09. The van der Waals surface area contributed by atoms with E-state index in [1.165, 1.54) is 25.7 Å². The van der Waals surface area contributed by atoms with Crippen molar-refractivity contribution in [1.82, 2.24) is 10.2 Å². The highest BCUT2D eigenvalue weighted by Gasteiger charge is 2.28. The van der Waals surface area contributed by atoms with E-state index >= 15 is 0 Å². The first kappa shape index (κ1) is 8.41. The molecule has 72 valence electrons. The van der Waals surface area contributed by atoms with Gasteiger partial charge in [-0.05, 0) is 19.8 Å². The monoisotopic (exact) mass is 180 g/mol. The molecule has 1 aliphatic carbocycles. The molecular weight excluding hydrogens is 164 g/mol. The highest BCUT2D eigenvalue weighted by molar-refractivity contribution is 5.61. The molecule has 1 aromatic heterocycles. The number of hydrogen-bond donors (Lipinski definition) is 3. The molecule has 1 aromatic rings. The molecular formula is C9H16N4. The van der Waals surface area contributed by atoms with Gasteiger partial charge < -0.3 is 11.1 Å². The predicted molar refractivity (Wildman–Crippen MR) is 53.5 cm³/mol. The first-order valence-corrected chi connectivity index (χ1v) is 4.77. The number of H-pyrrole nitrogens is 1. The number of nitrogens with one attached hydrogen (secondary N) is 2. The van der Waals surface area contributed by atoms with Crippen LogP contribution in [-0.2, 0) is 0 Å². The van der Waals surface area contributed by atoms with Gasteiger partial charge in [-0.15, -0.1) is 0 Å². The highest BCUT2D eigenvalue weighted by Crippen LogP contribution is 2.33. The summed E-state index contributed by atoms with van der Waals surface area (Å²) < 4.78 is 0. The topological polar surface area (TPSA) is 66.7 Å². The molecule has 0 bridgehead atoms. The minimum absolute atomic E-state index is 0.220. The normalized spacial score (nSPS) is 20.4. The molecule has 1 aliphatic rings. The van der Waals surface area contributed by atoms with Crippen LogP contribution in [0.15, 0.2) is 6.20 Å². The van der Waals surface area contributed by atoms with Crippen molar-refractivity contribution in [2.45, 2.75) is 38.1 Å². The highest BCUT2D eigenvalue weighted by atomic mass is 15.2. The average Bonchev–Trinajstić information content (AvgIpc) is 2.64. The van der Waals surface area contributed by atoms with Gasteiger partial charge in [-0.25, -0.2) is 0 Å². The van der Waals surface area contributed by atoms with Gasteiger partial charge in [0.15, 0.2) is 0 Å². The fourth-order valence-corrected chi connectivity index (χ4v) is 2.00. The summed E-state index contributed by atoms with van der Waals surface area (Å²) in [7, 11) is 0. The smallest absolute Gasteiger partial charge is 0.142 e. The van der Waals surface area contributed by atoms with Crippen LogP contribution in [0.2, 0.25) is 0 Å². The van der Waals surface area contributed by atoms with Crippen molar-refractivity contribution in [2.24, 2.45) is 0 Å². The molecule has 0 aliphatic heterocycles. The second kappa shape index (κ2) is 2.94. The Hall–Kier alpha value is -1.19. The fraction of sp³-hybridized carbons (Fsp3) is 0.667. The summed E-state index contributed by atoms with van der Waals surface area (Å²) in [5.74, 6) is 0.633. The molecule has 13 heavy (non-hydrogen) atoms. The summed E-state index contributed by atoms with van der Waals surface area (Å²) in [6.07, 6.45) is 6.80. The van der Waals surface area contributed by atoms with E-state index in [1.807, 2.05) is 0 Å². The van der Waals surface area contributed by atoms with Crippen molar-refractivity contribution in [3.63, 3.8) is 0 Å². The maximum absolute atomic E-state index is 5.70. The number of anilines is 2. The summed E-state index contributed by atoms with van der Waals surface area (Å²) in [6.45, 7) is 2.24. The molecule has 1 heterocycles. The van der Waals surface area contributed by atoms with E-state index in [9.17, 15) is 0 Å². The third kappa shape index (κ3) is 1.61. The minimum atomic E-state index is 0.220. The van der Waals surface area contributed by atoms with Crippen molar-refractivity contribution in [1.29, 1.82) is 0 Å². The van der Waals surface area contributed by atoms with Gasteiger partial charge in [0.05, 0.1) is 11.9 Å². The minimum Gasteiger partial charge on any atom is -0.382 e. The zero-order valence-electron chi connectivity index (χ0n) is 7.93. The Morgan fingerprint density at radius 3 is 2.77 bits per heavy atom. The fourth-order valence-electron chi connectivity index (χ4n) is 2.00. The van der Waals surface area contributed by atoms with Crippen LogP contribution in [0.5, 0.6) is 0 Å². The molecule has 0 spiro atoms. The van der Waals surface area contributed by atoms with Crippen molar-refractivity contribution in [2.75, 3.05) is 11.1 Å². The van der Waals surface area contributed by atoms with Gasteiger partial charge in [0.25, 0.3) is 0 Å². The van der Waals surface area contributed by atoms with E-state index in [4.69, 9.17) is 5.73 Å². The first-order chi connectivity index (χ1) is 6.20. The lowest BCUT2D eigenvalue weighted by Crippen LogP contribution is -2.30. The van der Waals surface area contributed by atoms with Crippen molar-refractivity contribution < 1.29 is 0 Å². The number of nitrogen functional groups attached to an aromatic ring is 1. The Morgan fingerprint density at radius 2 is 2.23 bits per heavy atom.